The van der Waals surface area contributed by atoms with E-state index >= 15 is 0 Å². The first-order valence-electron chi connectivity index (χ1n) is 6.21. The van der Waals surface area contributed by atoms with Crippen molar-refractivity contribution in [2.45, 2.75) is 31.3 Å². The van der Waals surface area contributed by atoms with Crippen LogP contribution in [0.2, 0.25) is 0 Å². The number of aliphatic hydroxyl groups excluding tert-OH is 1. The van der Waals surface area contributed by atoms with Crippen LogP contribution in [-0.4, -0.2) is 42.5 Å². The van der Waals surface area contributed by atoms with Gasteiger partial charge in [-0.3, -0.25) is 0 Å². The van der Waals surface area contributed by atoms with Crippen LogP contribution in [0.15, 0.2) is 23.1 Å². The van der Waals surface area contributed by atoms with E-state index in [0.717, 1.165) is 5.56 Å². The Morgan fingerprint density at radius 3 is 2.55 bits per heavy atom. The maximum atomic E-state index is 12.4. The van der Waals surface area contributed by atoms with Crippen LogP contribution in [0.25, 0.3) is 0 Å². The summed E-state index contributed by atoms with van der Waals surface area (Å²) >= 11 is 4.90. The number of nitrogens with zero attached hydrogens (tertiary/aromatic N) is 1. The molecule has 0 radical (unpaired) electrons. The molecule has 1 aromatic carbocycles. The quantitative estimate of drug-likeness (QED) is 0.766. The molecule has 3 N–H and O–H groups in total. The molecule has 1 atom stereocenters. The number of aliphatic hydroxyl groups is 1. The van der Waals surface area contributed by atoms with Gasteiger partial charge in [0, 0.05) is 19.2 Å². The Morgan fingerprint density at radius 2 is 2.10 bits per heavy atom. The van der Waals surface area contributed by atoms with Gasteiger partial charge in [-0.15, -0.1) is 0 Å². The van der Waals surface area contributed by atoms with Crippen molar-refractivity contribution in [3.63, 3.8) is 0 Å². The monoisotopic (exact) mass is 316 g/mol. The molecule has 0 spiro atoms. The van der Waals surface area contributed by atoms with Gasteiger partial charge >= 0.3 is 0 Å². The predicted molar refractivity (Wildman–Crippen MR) is 83.2 cm³/mol. The molecule has 0 bridgehead atoms. The van der Waals surface area contributed by atoms with E-state index in [2.05, 4.69) is 0 Å². The second kappa shape index (κ2) is 6.62. The molecular formula is C13H20N2O3S2. The lowest BCUT2D eigenvalue weighted by molar-refractivity contribution is 0.177. The molecule has 0 aliphatic rings. The summed E-state index contributed by atoms with van der Waals surface area (Å²) in [5.41, 5.74) is 6.95. The summed E-state index contributed by atoms with van der Waals surface area (Å²) in [6, 6.07) is 4.67. The van der Waals surface area contributed by atoms with Crippen molar-refractivity contribution < 1.29 is 13.5 Å². The van der Waals surface area contributed by atoms with Crippen molar-refractivity contribution in [3.05, 3.63) is 29.3 Å². The van der Waals surface area contributed by atoms with Crippen LogP contribution >= 0.6 is 12.2 Å². The maximum Gasteiger partial charge on any atom is 0.242 e. The van der Waals surface area contributed by atoms with Crippen molar-refractivity contribution in [3.8, 4) is 0 Å². The fourth-order valence-corrected chi connectivity index (χ4v) is 3.24. The van der Waals surface area contributed by atoms with Gasteiger partial charge in [0.25, 0.3) is 0 Å². The van der Waals surface area contributed by atoms with Crippen molar-refractivity contribution in [1.82, 2.24) is 4.31 Å². The topological polar surface area (TPSA) is 83.6 Å². The maximum absolute atomic E-state index is 12.4. The molecule has 20 heavy (non-hydrogen) atoms. The van der Waals surface area contributed by atoms with Gasteiger partial charge < -0.3 is 10.8 Å². The van der Waals surface area contributed by atoms with E-state index in [1.165, 1.54) is 17.4 Å². The van der Waals surface area contributed by atoms with E-state index in [1.807, 2.05) is 0 Å². The van der Waals surface area contributed by atoms with Gasteiger partial charge in [0.2, 0.25) is 10.0 Å². The summed E-state index contributed by atoms with van der Waals surface area (Å²) in [7, 11) is -2.07. The minimum atomic E-state index is -3.56. The highest BCUT2D eigenvalue weighted by molar-refractivity contribution is 7.89. The molecule has 0 heterocycles. The van der Waals surface area contributed by atoms with Crippen LogP contribution in [0.3, 0.4) is 0 Å². The van der Waals surface area contributed by atoms with Gasteiger partial charge in [-0.2, -0.15) is 0 Å². The van der Waals surface area contributed by atoms with Crippen molar-refractivity contribution in [2.75, 3.05) is 13.6 Å². The highest BCUT2D eigenvalue weighted by Gasteiger charge is 2.21. The number of thiocarbonyl (C=S) groups is 1. The number of sulfonamides is 1. The number of hydrogen-bond donors (Lipinski definition) is 2. The van der Waals surface area contributed by atoms with Gasteiger partial charge in [-0.1, -0.05) is 18.3 Å². The highest BCUT2D eigenvalue weighted by Crippen LogP contribution is 2.19. The van der Waals surface area contributed by atoms with E-state index in [9.17, 15) is 13.5 Å². The SMILES string of the molecule is Cc1cc(S(=O)(=O)N(C)CCC(C)O)ccc1C(N)=S. The zero-order valence-electron chi connectivity index (χ0n) is 11.8. The minimum absolute atomic E-state index is 0.197. The highest BCUT2D eigenvalue weighted by atomic mass is 32.2. The predicted octanol–water partition coefficient (Wildman–Crippen LogP) is 1.02. The molecule has 0 aliphatic heterocycles. The Bertz CT molecular complexity index is 598. The van der Waals surface area contributed by atoms with Crippen LogP contribution in [-0.2, 0) is 10.0 Å². The molecule has 0 aromatic heterocycles. The third-order valence-electron chi connectivity index (χ3n) is 3.03. The Labute approximate surface area is 125 Å². The molecule has 7 heteroatoms. The summed E-state index contributed by atoms with van der Waals surface area (Å²) < 4.78 is 25.9. The second-order valence-electron chi connectivity index (χ2n) is 4.81. The van der Waals surface area contributed by atoms with Gasteiger partial charge in [0.05, 0.1) is 11.0 Å². The molecule has 1 unspecified atom stereocenters. The number of hydrogen-bond acceptors (Lipinski definition) is 4. The first-order chi connectivity index (χ1) is 9.16. The van der Waals surface area contributed by atoms with Crippen LogP contribution in [0, 0.1) is 6.92 Å². The number of nitrogens with two attached hydrogens (primary N) is 1. The molecule has 0 saturated carbocycles. The fourth-order valence-electron chi connectivity index (χ4n) is 1.74. The van der Waals surface area contributed by atoms with Crippen molar-refractivity contribution in [2.24, 2.45) is 5.73 Å². The smallest absolute Gasteiger partial charge is 0.242 e. The molecule has 0 amide bonds. The molecule has 112 valence electrons. The molecule has 1 aromatic rings. The molecule has 1 rings (SSSR count). The summed E-state index contributed by atoms with van der Waals surface area (Å²) in [5.74, 6) is 0. The summed E-state index contributed by atoms with van der Waals surface area (Å²) in [6.45, 7) is 3.65. The van der Waals surface area contributed by atoms with E-state index < -0.39 is 16.1 Å². The Morgan fingerprint density at radius 1 is 1.50 bits per heavy atom. The molecule has 5 nitrogen and oxygen atoms in total. The summed E-state index contributed by atoms with van der Waals surface area (Å²) in [6.07, 6.45) is -0.147. The number of rotatable bonds is 6. The third-order valence-corrected chi connectivity index (χ3v) is 5.11. The average molecular weight is 316 g/mol. The van der Waals surface area contributed by atoms with Crippen LogP contribution < -0.4 is 5.73 Å². The van der Waals surface area contributed by atoms with Crippen LogP contribution in [0.1, 0.15) is 24.5 Å². The Balaban J connectivity index is 3.04. The summed E-state index contributed by atoms with van der Waals surface area (Å²) in [4.78, 5) is 0.442. The lowest BCUT2D eigenvalue weighted by Gasteiger charge is -2.18. The third kappa shape index (κ3) is 3.99. The van der Waals surface area contributed by atoms with Crippen molar-refractivity contribution in [1.29, 1.82) is 0 Å². The average Bonchev–Trinajstić information content (AvgIpc) is 2.34. The lowest BCUT2D eigenvalue weighted by atomic mass is 10.1. The van der Waals surface area contributed by atoms with E-state index in [1.54, 1.807) is 26.0 Å². The zero-order valence-corrected chi connectivity index (χ0v) is 13.5. The normalized spacial score (nSPS) is 13.4. The van der Waals surface area contributed by atoms with Gasteiger partial charge in [0.1, 0.15) is 4.99 Å². The van der Waals surface area contributed by atoms with Crippen molar-refractivity contribution >= 4 is 27.2 Å². The largest absolute Gasteiger partial charge is 0.393 e. The van der Waals surface area contributed by atoms with Crippen LogP contribution in [0.4, 0.5) is 0 Å². The lowest BCUT2D eigenvalue weighted by Crippen LogP contribution is -2.29. The van der Waals surface area contributed by atoms with E-state index in [4.69, 9.17) is 18.0 Å². The number of aryl methyl sites for hydroxylation is 1. The standard InChI is InChI=1S/C13H20N2O3S2/c1-9-8-11(4-5-12(9)13(14)19)20(17,18)15(3)7-6-10(2)16/h4-5,8,10,16H,6-7H2,1-3H3,(H2,14,19). The van der Waals surface area contributed by atoms with Crippen LogP contribution in [0.5, 0.6) is 0 Å². The molecule has 0 fully saturated rings. The minimum Gasteiger partial charge on any atom is -0.393 e. The number of benzene rings is 1. The first-order valence-corrected chi connectivity index (χ1v) is 8.06. The molecule has 0 saturated heterocycles. The molecule has 0 aliphatic carbocycles. The Kier molecular flexibility index (Phi) is 5.64. The first kappa shape index (κ1) is 17.0. The van der Waals surface area contributed by atoms with Gasteiger partial charge in [-0.25, -0.2) is 12.7 Å². The van der Waals surface area contributed by atoms with E-state index in [0.29, 0.717) is 12.0 Å². The van der Waals surface area contributed by atoms with Gasteiger partial charge in [0.15, 0.2) is 0 Å². The Hall–Kier alpha value is -1.02. The summed E-state index contributed by atoms with van der Waals surface area (Å²) in [5, 5.41) is 9.23. The van der Waals surface area contributed by atoms with E-state index in [-0.39, 0.29) is 16.4 Å². The van der Waals surface area contributed by atoms with Gasteiger partial charge in [-0.05, 0) is 38.0 Å². The molecular weight excluding hydrogens is 296 g/mol. The second-order valence-corrected chi connectivity index (χ2v) is 7.29. The fraction of sp³-hybridized carbons (Fsp3) is 0.462. The zero-order chi connectivity index (χ0) is 15.5.